The third-order valence-electron chi connectivity index (χ3n) is 11.8. The molecule has 0 saturated heterocycles. The molecule has 0 saturated carbocycles. The van der Waals surface area contributed by atoms with Crippen molar-refractivity contribution in [1.82, 2.24) is 0 Å². The van der Waals surface area contributed by atoms with Crippen LogP contribution in [-0.4, -0.2) is 0 Å². The van der Waals surface area contributed by atoms with Crippen LogP contribution in [0.25, 0.3) is 76.9 Å². The fraction of sp³-hybridized carbons (Fsp3) is 0.0566. The van der Waals surface area contributed by atoms with Crippen LogP contribution in [0, 0.1) is 0 Å². The number of anilines is 3. The summed E-state index contributed by atoms with van der Waals surface area (Å²) in [6.45, 7) is 4.71. The van der Waals surface area contributed by atoms with Gasteiger partial charge in [0.1, 0.15) is 11.2 Å². The smallest absolute Gasteiger partial charge is 0.136 e. The van der Waals surface area contributed by atoms with Crippen LogP contribution in [0.1, 0.15) is 25.0 Å². The van der Waals surface area contributed by atoms with E-state index in [9.17, 15) is 0 Å². The van der Waals surface area contributed by atoms with E-state index in [0.29, 0.717) is 0 Å². The lowest BCUT2D eigenvalue weighted by atomic mass is 9.82. The maximum Gasteiger partial charge on any atom is 0.136 e. The Labute approximate surface area is 320 Å². The minimum atomic E-state index is -0.104. The first-order valence-corrected chi connectivity index (χ1v) is 19.1. The lowest BCUT2D eigenvalue weighted by Crippen LogP contribution is -2.16. The molecule has 1 aliphatic rings. The molecule has 11 rings (SSSR count). The van der Waals surface area contributed by atoms with Gasteiger partial charge in [-0.05, 0) is 109 Å². The van der Waals surface area contributed by atoms with Gasteiger partial charge in [-0.25, -0.2) is 0 Å². The summed E-state index contributed by atoms with van der Waals surface area (Å²) in [6, 6.07) is 68.5. The summed E-state index contributed by atoms with van der Waals surface area (Å²) in [4.78, 5) is 2.45. The van der Waals surface area contributed by atoms with Crippen molar-refractivity contribution in [3.05, 3.63) is 199 Å². The zero-order valence-corrected chi connectivity index (χ0v) is 30.8. The summed E-state index contributed by atoms with van der Waals surface area (Å²) >= 11 is 0. The van der Waals surface area contributed by atoms with Gasteiger partial charge in [0.25, 0.3) is 0 Å². The van der Waals surface area contributed by atoms with E-state index in [-0.39, 0.29) is 5.41 Å². The summed E-state index contributed by atoms with van der Waals surface area (Å²) in [5, 5.41) is 7.25. The molecule has 10 aromatic rings. The minimum Gasteiger partial charge on any atom is -0.456 e. The van der Waals surface area contributed by atoms with Gasteiger partial charge >= 0.3 is 0 Å². The molecule has 260 valence electrons. The van der Waals surface area contributed by atoms with Crippen LogP contribution in [0.2, 0.25) is 0 Å². The van der Waals surface area contributed by atoms with Crippen LogP contribution in [-0.2, 0) is 5.41 Å². The average Bonchev–Trinajstić information content (AvgIpc) is 3.73. The highest BCUT2D eigenvalue weighted by atomic mass is 16.3. The van der Waals surface area contributed by atoms with Crippen molar-refractivity contribution in [1.29, 1.82) is 0 Å². The maximum atomic E-state index is 6.19. The first-order chi connectivity index (χ1) is 27.0. The van der Waals surface area contributed by atoms with Crippen molar-refractivity contribution in [2.45, 2.75) is 19.3 Å². The SMILES string of the molecule is CC1(C)c2ccccc2-c2c(N(c3ccc(-c4ccc5c(ccc6oc7ccccc7c65)c4)cc3)c3cccc(-c4cccc5ccccc45)c3)cccc21. The predicted molar refractivity (Wildman–Crippen MR) is 232 cm³/mol. The molecule has 0 radical (unpaired) electrons. The highest BCUT2D eigenvalue weighted by molar-refractivity contribution is 6.19. The van der Waals surface area contributed by atoms with Gasteiger partial charge in [0, 0.05) is 33.1 Å². The van der Waals surface area contributed by atoms with Crippen LogP contribution in [0.5, 0.6) is 0 Å². The first-order valence-electron chi connectivity index (χ1n) is 19.1. The highest BCUT2D eigenvalue weighted by Gasteiger charge is 2.37. The van der Waals surface area contributed by atoms with E-state index in [1.807, 2.05) is 12.1 Å². The average molecular weight is 704 g/mol. The van der Waals surface area contributed by atoms with Crippen LogP contribution in [0.4, 0.5) is 17.1 Å². The van der Waals surface area contributed by atoms with E-state index >= 15 is 0 Å². The Morgan fingerprint density at radius 1 is 0.418 bits per heavy atom. The number of nitrogens with zero attached hydrogens (tertiary/aromatic N) is 1. The largest absolute Gasteiger partial charge is 0.456 e. The molecule has 0 aliphatic heterocycles. The summed E-state index contributed by atoms with van der Waals surface area (Å²) in [7, 11) is 0. The fourth-order valence-electron chi connectivity index (χ4n) is 9.17. The number of furan rings is 1. The van der Waals surface area contributed by atoms with E-state index in [0.717, 1.165) is 27.9 Å². The lowest BCUT2D eigenvalue weighted by molar-refractivity contribution is 0.660. The topological polar surface area (TPSA) is 16.4 Å². The molecule has 0 bridgehead atoms. The van der Waals surface area contributed by atoms with Gasteiger partial charge in [-0.2, -0.15) is 0 Å². The zero-order valence-electron chi connectivity index (χ0n) is 30.8. The van der Waals surface area contributed by atoms with Gasteiger partial charge in [-0.3, -0.25) is 0 Å². The molecule has 2 nitrogen and oxygen atoms in total. The monoisotopic (exact) mass is 703 g/mol. The van der Waals surface area contributed by atoms with Crippen molar-refractivity contribution in [2.24, 2.45) is 0 Å². The number of fused-ring (bicyclic) bond motifs is 9. The van der Waals surface area contributed by atoms with Gasteiger partial charge in [0.05, 0.1) is 5.69 Å². The molecule has 55 heavy (non-hydrogen) atoms. The number of benzene rings is 9. The van der Waals surface area contributed by atoms with E-state index in [4.69, 9.17) is 4.42 Å². The molecule has 0 unspecified atom stereocenters. The summed E-state index contributed by atoms with van der Waals surface area (Å²) in [5.41, 5.74) is 15.3. The number of hydrogen-bond donors (Lipinski definition) is 0. The standard InChI is InChI=1S/C53H37NO/c1-53(2)46-20-7-5-17-44(46)52-47(53)21-11-22-48(52)54(40-15-9-14-37(33-40)42-19-10-13-35-12-3-4-16-41(35)42)39-28-24-34(25-29-39)36-26-30-43-38(32-36)27-31-50-51(43)45-18-6-8-23-49(45)55-50/h3-33H,1-2H3. The fourth-order valence-corrected chi connectivity index (χ4v) is 9.17. The van der Waals surface area contributed by atoms with Gasteiger partial charge in [0.2, 0.25) is 0 Å². The van der Waals surface area contributed by atoms with Crippen LogP contribution < -0.4 is 4.90 Å². The lowest BCUT2D eigenvalue weighted by Gasteiger charge is -2.29. The molecule has 1 aromatic heterocycles. The van der Waals surface area contributed by atoms with Crippen LogP contribution >= 0.6 is 0 Å². The Balaban J connectivity index is 1.06. The first kappa shape index (κ1) is 31.6. The third-order valence-corrected chi connectivity index (χ3v) is 11.8. The molecule has 0 spiro atoms. The van der Waals surface area contributed by atoms with Gasteiger partial charge in [-0.1, -0.05) is 153 Å². The number of para-hydroxylation sites is 1. The van der Waals surface area contributed by atoms with Crippen molar-refractivity contribution in [3.8, 4) is 33.4 Å². The molecule has 1 heterocycles. The normalized spacial score (nSPS) is 13.1. The highest BCUT2D eigenvalue weighted by Crippen LogP contribution is 2.54. The molecule has 0 atom stereocenters. The van der Waals surface area contributed by atoms with Crippen molar-refractivity contribution < 1.29 is 4.42 Å². The molecule has 0 N–H and O–H groups in total. The molecule has 0 fully saturated rings. The quantitative estimate of drug-likeness (QED) is 0.177. The van der Waals surface area contributed by atoms with Crippen LogP contribution in [0.15, 0.2) is 192 Å². The molecule has 9 aromatic carbocycles. The van der Waals surface area contributed by atoms with Gasteiger partial charge in [-0.15, -0.1) is 0 Å². The second kappa shape index (κ2) is 12.1. The summed E-state index contributed by atoms with van der Waals surface area (Å²) in [6.07, 6.45) is 0. The van der Waals surface area contributed by atoms with Crippen molar-refractivity contribution in [2.75, 3.05) is 4.90 Å². The maximum absolute atomic E-state index is 6.19. The second-order valence-corrected chi connectivity index (χ2v) is 15.3. The third kappa shape index (κ3) is 4.88. The Hall–Kier alpha value is -6.90. The van der Waals surface area contributed by atoms with Gasteiger partial charge in [0.15, 0.2) is 0 Å². The number of rotatable bonds is 5. The number of hydrogen-bond acceptors (Lipinski definition) is 2. The molecular weight excluding hydrogens is 667 g/mol. The zero-order chi connectivity index (χ0) is 36.7. The van der Waals surface area contributed by atoms with E-state index in [2.05, 4.69) is 195 Å². The Morgan fingerprint density at radius 2 is 1.13 bits per heavy atom. The van der Waals surface area contributed by atoms with E-state index < -0.39 is 0 Å². The second-order valence-electron chi connectivity index (χ2n) is 15.3. The Bertz CT molecular complexity index is 3120. The summed E-state index contributed by atoms with van der Waals surface area (Å²) in [5.74, 6) is 0. The predicted octanol–water partition coefficient (Wildman–Crippen LogP) is 15.0. The Morgan fingerprint density at radius 3 is 2.04 bits per heavy atom. The molecular formula is C53H37NO. The molecule has 2 heteroatoms. The van der Waals surface area contributed by atoms with E-state index in [1.54, 1.807) is 0 Å². The van der Waals surface area contributed by atoms with Gasteiger partial charge < -0.3 is 9.32 Å². The Kier molecular flexibility index (Phi) is 6.93. The van der Waals surface area contributed by atoms with Crippen molar-refractivity contribution >= 4 is 60.5 Å². The molecule has 1 aliphatic carbocycles. The minimum absolute atomic E-state index is 0.104. The molecule has 0 amide bonds. The summed E-state index contributed by atoms with van der Waals surface area (Å²) < 4.78 is 6.19. The van der Waals surface area contributed by atoms with E-state index in [1.165, 1.54) is 77.1 Å². The van der Waals surface area contributed by atoms with Crippen molar-refractivity contribution in [3.63, 3.8) is 0 Å². The van der Waals surface area contributed by atoms with Crippen LogP contribution in [0.3, 0.4) is 0 Å².